The summed E-state index contributed by atoms with van der Waals surface area (Å²) in [6, 6.07) is 15.7. The van der Waals surface area contributed by atoms with E-state index >= 15 is 0 Å². The van der Waals surface area contributed by atoms with Crippen molar-refractivity contribution in [3.8, 4) is 0 Å². The van der Waals surface area contributed by atoms with Crippen LogP contribution in [-0.4, -0.2) is 26.8 Å². The van der Waals surface area contributed by atoms with Gasteiger partial charge in [-0.3, -0.25) is 0 Å². The van der Waals surface area contributed by atoms with Crippen LogP contribution >= 0.6 is 11.6 Å². The molecule has 4 nitrogen and oxygen atoms in total. The molecule has 122 valence electrons. The van der Waals surface area contributed by atoms with Crippen molar-refractivity contribution in [2.75, 3.05) is 13.1 Å². The molecule has 0 spiro atoms. The predicted octanol–water partition coefficient (Wildman–Crippen LogP) is 2.18. The minimum absolute atomic E-state index is 0.208. The normalized spacial score (nSPS) is 22.7. The van der Waals surface area contributed by atoms with Crippen LogP contribution in [0.4, 0.5) is 0 Å². The van der Waals surface area contributed by atoms with Crippen molar-refractivity contribution in [2.45, 2.75) is 16.1 Å². The highest BCUT2D eigenvalue weighted by atomic mass is 35.5. The van der Waals surface area contributed by atoms with Crippen molar-refractivity contribution < 1.29 is 8.42 Å². The molecule has 4 N–H and O–H groups in total. The summed E-state index contributed by atoms with van der Waals surface area (Å²) >= 11 is 5.93. The first-order valence-electron chi connectivity index (χ1n) is 7.42. The molecule has 1 aliphatic rings. The Labute approximate surface area is 141 Å². The molecule has 2 aromatic rings. The second-order valence-electron chi connectivity index (χ2n) is 5.95. The van der Waals surface area contributed by atoms with E-state index in [2.05, 4.69) is 0 Å². The smallest absolute Gasteiger partial charge is 0.182 e. The summed E-state index contributed by atoms with van der Waals surface area (Å²) in [4.78, 5) is 0.313. The predicted molar refractivity (Wildman–Crippen MR) is 92.2 cm³/mol. The minimum atomic E-state index is -3.50. The van der Waals surface area contributed by atoms with Gasteiger partial charge in [-0.15, -0.1) is 0 Å². The van der Waals surface area contributed by atoms with Crippen molar-refractivity contribution in [3.05, 3.63) is 65.2 Å². The zero-order valence-electron chi connectivity index (χ0n) is 12.5. The van der Waals surface area contributed by atoms with Crippen LogP contribution in [0.3, 0.4) is 0 Å². The van der Waals surface area contributed by atoms with E-state index in [9.17, 15) is 8.42 Å². The van der Waals surface area contributed by atoms with Crippen LogP contribution in [0.15, 0.2) is 59.5 Å². The Hall–Kier alpha value is -1.40. The number of hydrogen-bond acceptors (Lipinski definition) is 4. The van der Waals surface area contributed by atoms with Gasteiger partial charge in [0.2, 0.25) is 0 Å². The zero-order chi connectivity index (χ0) is 16.7. The van der Waals surface area contributed by atoms with Crippen LogP contribution in [0.2, 0.25) is 5.02 Å². The number of benzene rings is 2. The lowest BCUT2D eigenvalue weighted by Crippen LogP contribution is -2.31. The van der Waals surface area contributed by atoms with Crippen LogP contribution in [0, 0.1) is 5.41 Å². The molecule has 23 heavy (non-hydrogen) atoms. The first kappa shape index (κ1) is 16.5. The van der Waals surface area contributed by atoms with Gasteiger partial charge in [0.1, 0.15) is 0 Å². The molecular formula is C17H19ClN2O2S. The Morgan fingerprint density at radius 3 is 2.04 bits per heavy atom. The van der Waals surface area contributed by atoms with E-state index in [1.807, 2.05) is 12.1 Å². The fraction of sp³-hybridized carbons (Fsp3) is 0.294. The molecule has 2 aromatic carbocycles. The van der Waals surface area contributed by atoms with E-state index in [0.29, 0.717) is 9.92 Å². The third-order valence-electron chi connectivity index (χ3n) is 4.77. The Kier molecular flexibility index (Phi) is 4.23. The van der Waals surface area contributed by atoms with Gasteiger partial charge in [-0.2, -0.15) is 0 Å². The summed E-state index contributed by atoms with van der Waals surface area (Å²) < 4.78 is 26.1. The van der Waals surface area contributed by atoms with Gasteiger partial charge < -0.3 is 11.5 Å². The quantitative estimate of drug-likeness (QED) is 0.865. The van der Waals surface area contributed by atoms with Crippen molar-refractivity contribution in [1.29, 1.82) is 0 Å². The fourth-order valence-electron chi connectivity index (χ4n) is 3.44. The number of halogens is 1. The lowest BCUT2D eigenvalue weighted by Gasteiger charge is -2.13. The van der Waals surface area contributed by atoms with Gasteiger partial charge in [0.05, 0.1) is 10.1 Å². The number of sulfone groups is 1. The van der Waals surface area contributed by atoms with Gasteiger partial charge >= 0.3 is 0 Å². The standard InChI is InChI=1S/C17H19ClN2O2S/c18-13-8-6-12(7-9-13)15-16(17(15,10-19)11-20)23(21,22)14-4-2-1-3-5-14/h1-9,15-16H,10-11,19-20H2/t15-,16-/m1/s1. The molecule has 2 atom stereocenters. The van der Waals surface area contributed by atoms with Gasteiger partial charge in [-0.25, -0.2) is 8.42 Å². The molecule has 0 radical (unpaired) electrons. The van der Waals surface area contributed by atoms with Crippen LogP contribution in [0.5, 0.6) is 0 Å². The van der Waals surface area contributed by atoms with E-state index in [1.54, 1.807) is 42.5 Å². The first-order chi connectivity index (χ1) is 11.0. The van der Waals surface area contributed by atoms with Crippen molar-refractivity contribution in [1.82, 2.24) is 0 Å². The molecule has 0 saturated heterocycles. The van der Waals surface area contributed by atoms with E-state index in [0.717, 1.165) is 5.56 Å². The average Bonchev–Trinajstić information content (AvgIpc) is 3.27. The molecule has 6 heteroatoms. The van der Waals surface area contributed by atoms with Gasteiger partial charge in [0.25, 0.3) is 0 Å². The topological polar surface area (TPSA) is 86.2 Å². The van der Waals surface area contributed by atoms with Crippen LogP contribution in [0.1, 0.15) is 11.5 Å². The van der Waals surface area contributed by atoms with Crippen LogP contribution in [-0.2, 0) is 9.84 Å². The van der Waals surface area contributed by atoms with Gasteiger partial charge in [-0.05, 0) is 29.8 Å². The summed E-state index contributed by atoms with van der Waals surface area (Å²) in [5.74, 6) is -0.208. The molecule has 0 heterocycles. The Morgan fingerprint density at radius 1 is 0.957 bits per heavy atom. The Morgan fingerprint density at radius 2 is 1.52 bits per heavy atom. The number of hydrogen-bond donors (Lipinski definition) is 2. The van der Waals surface area contributed by atoms with E-state index < -0.39 is 20.5 Å². The van der Waals surface area contributed by atoms with Crippen molar-refractivity contribution in [2.24, 2.45) is 16.9 Å². The van der Waals surface area contributed by atoms with E-state index in [4.69, 9.17) is 23.1 Å². The van der Waals surface area contributed by atoms with Gasteiger partial charge in [0, 0.05) is 29.4 Å². The van der Waals surface area contributed by atoms with Crippen molar-refractivity contribution in [3.63, 3.8) is 0 Å². The number of rotatable bonds is 5. The molecule has 0 unspecified atom stereocenters. The summed E-state index contributed by atoms with van der Waals surface area (Å²) in [5.41, 5.74) is 12.2. The lowest BCUT2D eigenvalue weighted by atomic mass is 9.99. The van der Waals surface area contributed by atoms with E-state index in [-0.39, 0.29) is 19.0 Å². The third-order valence-corrected chi connectivity index (χ3v) is 7.37. The van der Waals surface area contributed by atoms with Crippen molar-refractivity contribution >= 4 is 21.4 Å². The largest absolute Gasteiger partial charge is 0.330 e. The first-order valence-corrected chi connectivity index (χ1v) is 9.34. The molecule has 1 aliphatic carbocycles. The third kappa shape index (κ3) is 2.58. The molecule has 0 amide bonds. The second-order valence-corrected chi connectivity index (χ2v) is 8.46. The average molecular weight is 351 g/mol. The summed E-state index contributed by atoms with van der Waals surface area (Å²) in [6.45, 7) is 0.459. The van der Waals surface area contributed by atoms with E-state index in [1.165, 1.54) is 0 Å². The molecule has 3 rings (SSSR count). The molecule has 1 saturated carbocycles. The molecule has 0 aromatic heterocycles. The summed E-state index contributed by atoms with van der Waals surface area (Å²) in [7, 11) is -3.50. The highest BCUT2D eigenvalue weighted by Crippen LogP contribution is 2.62. The highest BCUT2D eigenvalue weighted by molar-refractivity contribution is 7.92. The highest BCUT2D eigenvalue weighted by Gasteiger charge is 2.69. The minimum Gasteiger partial charge on any atom is -0.330 e. The maximum atomic E-state index is 13.0. The maximum Gasteiger partial charge on any atom is 0.182 e. The maximum absolute atomic E-state index is 13.0. The summed E-state index contributed by atoms with van der Waals surface area (Å²) in [5, 5.41) is 0.0107. The second kappa shape index (κ2) is 5.91. The summed E-state index contributed by atoms with van der Waals surface area (Å²) in [6.07, 6.45) is 0. The molecule has 1 fully saturated rings. The Balaban J connectivity index is 2.05. The fourth-order valence-corrected chi connectivity index (χ4v) is 6.07. The van der Waals surface area contributed by atoms with Crippen LogP contribution in [0.25, 0.3) is 0 Å². The van der Waals surface area contributed by atoms with Crippen LogP contribution < -0.4 is 11.5 Å². The Bertz CT molecular complexity index is 787. The monoisotopic (exact) mass is 350 g/mol. The molecular weight excluding hydrogens is 332 g/mol. The lowest BCUT2D eigenvalue weighted by molar-refractivity contribution is 0.510. The van der Waals surface area contributed by atoms with Gasteiger partial charge in [0.15, 0.2) is 9.84 Å². The molecule has 0 aliphatic heterocycles. The SMILES string of the molecule is NCC1(CN)[C@H](c2ccc(Cl)cc2)[C@H]1S(=O)(=O)c1ccccc1. The zero-order valence-corrected chi connectivity index (χ0v) is 14.1. The van der Waals surface area contributed by atoms with Gasteiger partial charge in [-0.1, -0.05) is 41.9 Å². The molecule has 0 bridgehead atoms. The number of nitrogens with two attached hydrogens (primary N) is 2.